The second kappa shape index (κ2) is 4.03. The zero-order valence-corrected chi connectivity index (χ0v) is 9.75. The fourth-order valence-corrected chi connectivity index (χ4v) is 1.68. The molecule has 0 saturated heterocycles. The Labute approximate surface area is 103 Å². The van der Waals surface area contributed by atoms with Crippen LogP contribution in [0, 0.1) is 6.92 Å². The van der Waals surface area contributed by atoms with Gasteiger partial charge in [-0.05, 0) is 41.5 Å². The van der Waals surface area contributed by atoms with Crippen LogP contribution in [0.1, 0.15) is 5.56 Å². The van der Waals surface area contributed by atoms with Crippen molar-refractivity contribution in [3.63, 3.8) is 0 Å². The Bertz CT molecular complexity index is 689. The average Bonchev–Trinajstić information content (AvgIpc) is 2.86. The highest BCUT2D eigenvalue weighted by atomic mass is 16.6. The van der Waals surface area contributed by atoms with Crippen molar-refractivity contribution in [2.75, 3.05) is 5.73 Å². The maximum absolute atomic E-state index is 5.76. The molecule has 0 aliphatic carbocycles. The summed E-state index contributed by atoms with van der Waals surface area (Å²) in [6, 6.07) is 11.2. The Morgan fingerprint density at radius 1 is 1.00 bits per heavy atom. The minimum absolute atomic E-state index is 0.514. The van der Waals surface area contributed by atoms with Gasteiger partial charge >= 0.3 is 0 Å². The van der Waals surface area contributed by atoms with Gasteiger partial charge in [-0.1, -0.05) is 17.7 Å². The highest BCUT2D eigenvalue weighted by molar-refractivity contribution is 5.90. The van der Waals surface area contributed by atoms with E-state index in [-0.39, 0.29) is 0 Å². The number of ether oxygens (including phenoxy) is 1. The number of nitrogen functional groups attached to an aromatic ring is 1. The number of anilines is 1. The molecule has 18 heavy (non-hydrogen) atoms. The Balaban J connectivity index is 2.02. The van der Waals surface area contributed by atoms with E-state index in [0.29, 0.717) is 22.5 Å². The number of benzene rings is 2. The molecule has 2 N–H and O–H groups in total. The predicted octanol–water partition coefficient (Wildman–Crippen LogP) is 2.91. The van der Waals surface area contributed by atoms with Gasteiger partial charge in [0.15, 0.2) is 16.8 Å². The topological polar surface area (TPSA) is 74.2 Å². The molecule has 0 aliphatic heterocycles. The third-order valence-corrected chi connectivity index (χ3v) is 2.66. The van der Waals surface area contributed by atoms with Crippen LogP contribution in [-0.4, -0.2) is 10.3 Å². The molecule has 0 amide bonds. The SMILES string of the molecule is Cc1ccc(Oc2ccc(N)c3nonc23)cc1. The van der Waals surface area contributed by atoms with Gasteiger partial charge in [0, 0.05) is 0 Å². The van der Waals surface area contributed by atoms with Crippen molar-refractivity contribution in [3.8, 4) is 11.5 Å². The molecular formula is C13H11N3O2. The molecule has 2 aromatic carbocycles. The summed E-state index contributed by atoms with van der Waals surface area (Å²) < 4.78 is 10.4. The Morgan fingerprint density at radius 2 is 1.72 bits per heavy atom. The van der Waals surface area contributed by atoms with E-state index in [4.69, 9.17) is 10.5 Å². The molecule has 90 valence electrons. The first kappa shape index (κ1) is 10.6. The van der Waals surface area contributed by atoms with Crippen LogP contribution in [-0.2, 0) is 0 Å². The highest BCUT2D eigenvalue weighted by Gasteiger charge is 2.11. The molecule has 0 saturated carbocycles. The van der Waals surface area contributed by atoms with Crippen LogP contribution in [0.5, 0.6) is 11.5 Å². The van der Waals surface area contributed by atoms with Crippen LogP contribution in [0.2, 0.25) is 0 Å². The Morgan fingerprint density at radius 3 is 2.50 bits per heavy atom. The molecule has 5 heteroatoms. The molecule has 0 bridgehead atoms. The van der Waals surface area contributed by atoms with Crippen LogP contribution in [0.15, 0.2) is 41.0 Å². The molecule has 3 rings (SSSR count). The number of fused-ring (bicyclic) bond motifs is 1. The lowest BCUT2D eigenvalue weighted by molar-refractivity contribution is 0.314. The van der Waals surface area contributed by atoms with E-state index in [0.717, 1.165) is 5.75 Å². The summed E-state index contributed by atoms with van der Waals surface area (Å²) in [6.07, 6.45) is 0. The van der Waals surface area contributed by atoms with Crippen molar-refractivity contribution in [3.05, 3.63) is 42.0 Å². The predicted molar refractivity (Wildman–Crippen MR) is 67.5 cm³/mol. The number of nitrogens with two attached hydrogens (primary N) is 1. The molecule has 1 heterocycles. The first-order valence-electron chi connectivity index (χ1n) is 5.49. The zero-order chi connectivity index (χ0) is 12.5. The van der Waals surface area contributed by atoms with Crippen molar-refractivity contribution >= 4 is 16.7 Å². The fraction of sp³-hybridized carbons (Fsp3) is 0.0769. The lowest BCUT2D eigenvalue weighted by Gasteiger charge is -2.06. The van der Waals surface area contributed by atoms with Gasteiger partial charge < -0.3 is 10.5 Å². The van der Waals surface area contributed by atoms with Crippen LogP contribution in [0.3, 0.4) is 0 Å². The number of aryl methyl sites for hydroxylation is 1. The summed E-state index contributed by atoms with van der Waals surface area (Å²) in [6.45, 7) is 2.02. The van der Waals surface area contributed by atoms with Gasteiger partial charge in [-0.2, -0.15) is 0 Å². The van der Waals surface area contributed by atoms with E-state index < -0.39 is 0 Å². The van der Waals surface area contributed by atoms with Gasteiger partial charge in [0.1, 0.15) is 5.75 Å². The second-order valence-electron chi connectivity index (χ2n) is 4.03. The summed E-state index contributed by atoms with van der Waals surface area (Å²) in [5, 5.41) is 7.55. The van der Waals surface area contributed by atoms with Crippen molar-refractivity contribution in [2.24, 2.45) is 0 Å². The zero-order valence-electron chi connectivity index (χ0n) is 9.75. The van der Waals surface area contributed by atoms with Gasteiger partial charge in [0.2, 0.25) is 0 Å². The van der Waals surface area contributed by atoms with Crippen LogP contribution in [0.25, 0.3) is 11.0 Å². The Hall–Kier alpha value is -2.56. The standard InChI is InChI=1S/C13H11N3O2/c1-8-2-4-9(5-3-8)17-11-7-6-10(14)12-13(11)16-18-15-12/h2-7H,14H2,1H3. The van der Waals surface area contributed by atoms with E-state index in [1.54, 1.807) is 12.1 Å². The van der Waals surface area contributed by atoms with Gasteiger partial charge in [-0.25, -0.2) is 4.63 Å². The van der Waals surface area contributed by atoms with Crippen molar-refractivity contribution in [1.29, 1.82) is 0 Å². The number of rotatable bonds is 2. The van der Waals surface area contributed by atoms with Crippen LogP contribution >= 0.6 is 0 Å². The van der Waals surface area contributed by atoms with Crippen LogP contribution < -0.4 is 10.5 Å². The summed E-state index contributed by atoms with van der Waals surface area (Å²) in [5.74, 6) is 1.30. The summed E-state index contributed by atoms with van der Waals surface area (Å²) in [7, 11) is 0. The van der Waals surface area contributed by atoms with E-state index in [9.17, 15) is 0 Å². The third-order valence-electron chi connectivity index (χ3n) is 2.66. The minimum Gasteiger partial charge on any atom is -0.455 e. The lowest BCUT2D eigenvalue weighted by atomic mass is 10.2. The highest BCUT2D eigenvalue weighted by Crippen LogP contribution is 2.30. The summed E-state index contributed by atoms with van der Waals surface area (Å²) in [4.78, 5) is 0. The number of aromatic nitrogens is 2. The average molecular weight is 241 g/mol. The monoisotopic (exact) mass is 241 g/mol. The molecule has 5 nitrogen and oxygen atoms in total. The second-order valence-corrected chi connectivity index (χ2v) is 4.03. The first-order chi connectivity index (χ1) is 8.74. The minimum atomic E-state index is 0.514. The number of hydrogen-bond donors (Lipinski definition) is 1. The van der Waals surface area contributed by atoms with Gasteiger partial charge in [-0.15, -0.1) is 0 Å². The van der Waals surface area contributed by atoms with E-state index >= 15 is 0 Å². The molecule has 0 radical (unpaired) electrons. The van der Waals surface area contributed by atoms with Crippen molar-refractivity contribution in [1.82, 2.24) is 10.3 Å². The third kappa shape index (κ3) is 1.75. The molecular weight excluding hydrogens is 230 g/mol. The van der Waals surface area contributed by atoms with E-state index in [1.165, 1.54) is 5.56 Å². The molecule has 0 aliphatic rings. The van der Waals surface area contributed by atoms with Crippen molar-refractivity contribution in [2.45, 2.75) is 6.92 Å². The fourth-order valence-electron chi connectivity index (χ4n) is 1.68. The van der Waals surface area contributed by atoms with Crippen molar-refractivity contribution < 1.29 is 9.37 Å². The smallest absolute Gasteiger partial charge is 0.179 e. The molecule has 3 aromatic rings. The Kier molecular flexibility index (Phi) is 2.37. The normalized spacial score (nSPS) is 10.7. The van der Waals surface area contributed by atoms with E-state index in [2.05, 4.69) is 14.9 Å². The summed E-state index contributed by atoms with van der Waals surface area (Å²) in [5.41, 5.74) is 8.49. The molecule has 0 unspecified atom stereocenters. The largest absolute Gasteiger partial charge is 0.455 e. The molecule has 1 aromatic heterocycles. The maximum Gasteiger partial charge on any atom is 0.179 e. The number of hydrogen-bond acceptors (Lipinski definition) is 5. The maximum atomic E-state index is 5.76. The van der Waals surface area contributed by atoms with Gasteiger partial charge in [0.05, 0.1) is 5.69 Å². The summed E-state index contributed by atoms with van der Waals surface area (Å²) >= 11 is 0. The quantitative estimate of drug-likeness (QED) is 0.698. The van der Waals surface area contributed by atoms with E-state index in [1.807, 2.05) is 31.2 Å². The van der Waals surface area contributed by atoms with Gasteiger partial charge in [-0.3, -0.25) is 0 Å². The van der Waals surface area contributed by atoms with Gasteiger partial charge in [0.25, 0.3) is 0 Å². The molecule has 0 atom stereocenters. The molecule has 0 spiro atoms. The molecule has 0 fully saturated rings. The van der Waals surface area contributed by atoms with Crippen LogP contribution in [0.4, 0.5) is 5.69 Å². The first-order valence-corrected chi connectivity index (χ1v) is 5.49. The lowest BCUT2D eigenvalue weighted by Crippen LogP contribution is -1.90. The number of nitrogens with zero attached hydrogens (tertiary/aromatic N) is 2.